The lowest BCUT2D eigenvalue weighted by atomic mass is 10.1. The average molecular weight is 434 g/mol. The fourth-order valence-corrected chi connectivity index (χ4v) is 4.37. The number of nitrogens with zero attached hydrogens (tertiary/aromatic N) is 2. The van der Waals surface area contributed by atoms with Crippen molar-refractivity contribution in [1.82, 2.24) is 15.2 Å². The number of rotatable bonds is 8. The molecule has 1 N–H and O–H groups in total. The minimum absolute atomic E-state index is 0.0920. The van der Waals surface area contributed by atoms with Crippen molar-refractivity contribution in [1.29, 1.82) is 0 Å². The number of amides is 3. The normalized spacial score (nSPS) is 12.9. The van der Waals surface area contributed by atoms with E-state index in [1.165, 1.54) is 10.5 Å². The molecule has 3 aromatic rings. The Morgan fingerprint density at radius 1 is 1.03 bits per heavy atom. The molecule has 0 spiro atoms. The van der Waals surface area contributed by atoms with Crippen LogP contribution in [0.4, 0.5) is 0 Å². The third-order valence-corrected chi connectivity index (χ3v) is 6.16. The Balaban J connectivity index is 1.19. The molecule has 0 unspecified atom stereocenters. The monoisotopic (exact) mass is 433 g/mol. The van der Waals surface area contributed by atoms with Crippen LogP contribution in [0, 0.1) is 6.92 Å². The van der Waals surface area contributed by atoms with Gasteiger partial charge in [-0.1, -0.05) is 42.0 Å². The number of hydrogen-bond donors (Lipinski definition) is 1. The SMILES string of the molecule is Cc1ccc(-c2nc(CCNC(=O)CCCN3C(=O)c4ccccc4C3=O)cs2)cc1. The lowest BCUT2D eigenvalue weighted by Crippen LogP contribution is -2.32. The second kappa shape index (κ2) is 9.22. The van der Waals surface area contributed by atoms with E-state index in [1.54, 1.807) is 35.6 Å². The molecule has 0 saturated heterocycles. The highest BCUT2D eigenvalue weighted by molar-refractivity contribution is 7.13. The molecule has 0 bridgehead atoms. The van der Waals surface area contributed by atoms with Gasteiger partial charge in [-0.2, -0.15) is 0 Å². The van der Waals surface area contributed by atoms with Gasteiger partial charge in [0.1, 0.15) is 5.01 Å². The van der Waals surface area contributed by atoms with Crippen LogP contribution in [0.25, 0.3) is 10.6 Å². The lowest BCUT2D eigenvalue weighted by Gasteiger charge is -2.13. The van der Waals surface area contributed by atoms with Gasteiger partial charge < -0.3 is 5.32 Å². The molecule has 4 rings (SSSR count). The highest BCUT2D eigenvalue weighted by Gasteiger charge is 2.34. The number of fused-ring (bicyclic) bond motifs is 1. The largest absolute Gasteiger partial charge is 0.356 e. The molecule has 6 nitrogen and oxygen atoms in total. The second-order valence-electron chi connectivity index (χ2n) is 7.52. The first-order valence-corrected chi connectivity index (χ1v) is 11.1. The predicted octanol–water partition coefficient (Wildman–Crippen LogP) is 3.85. The van der Waals surface area contributed by atoms with Crippen molar-refractivity contribution in [3.63, 3.8) is 0 Å². The fraction of sp³-hybridized carbons (Fsp3) is 0.250. The molecule has 0 atom stereocenters. The van der Waals surface area contributed by atoms with E-state index in [-0.39, 0.29) is 30.7 Å². The standard InChI is InChI=1S/C24H23N3O3S/c1-16-8-10-17(11-9-16)22-26-18(15-31-22)12-13-25-21(28)7-4-14-27-23(29)19-5-2-3-6-20(19)24(27)30/h2-3,5-6,8-11,15H,4,7,12-14H2,1H3,(H,25,28). The molecular weight excluding hydrogens is 410 g/mol. The fourth-order valence-electron chi connectivity index (χ4n) is 3.51. The molecule has 3 amide bonds. The van der Waals surface area contributed by atoms with Gasteiger partial charge in [-0.3, -0.25) is 19.3 Å². The number of imide groups is 1. The van der Waals surface area contributed by atoms with Crippen LogP contribution in [0.1, 0.15) is 44.8 Å². The highest BCUT2D eigenvalue weighted by atomic mass is 32.1. The Morgan fingerprint density at radius 3 is 2.39 bits per heavy atom. The summed E-state index contributed by atoms with van der Waals surface area (Å²) >= 11 is 1.60. The van der Waals surface area contributed by atoms with Crippen molar-refractivity contribution in [2.45, 2.75) is 26.2 Å². The van der Waals surface area contributed by atoms with Gasteiger partial charge in [-0.15, -0.1) is 11.3 Å². The van der Waals surface area contributed by atoms with Gasteiger partial charge in [0, 0.05) is 36.9 Å². The van der Waals surface area contributed by atoms with Crippen molar-refractivity contribution in [2.24, 2.45) is 0 Å². The summed E-state index contributed by atoms with van der Waals surface area (Å²) in [7, 11) is 0. The Labute approximate surface area is 184 Å². The zero-order chi connectivity index (χ0) is 21.8. The molecule has 2 aromatic carbocycles. The maximum absolute atomic E-state index is 12.3. The number of carbonyl (C=O) groups is 3. The van der Waals surface area contributed by atoms with E-state index in [0.29, 0.717) is 30.5 Å². The van der Waals surface area contributed by atoms with E-state index < -0.39 is 0 Å². The summed E-state index contributed by atoms with van der Waals surface area (Å²) in [6.07, 6.45) is 1.36. The zero-order valence-corrected chi connectivity index (χ0v) is 18.1. The third-order valence-electron chi connectivity index (χ3n) is 5.22. The summed E-state index contributed by atoms with van der Waals surface area (Å²) in [5.41, 5.74) is 4.13. The predicted molar refractivity (Wildman–Crippen MR) is 120 cm³/mol. The van der Waals surface area contributed by atoms with Crippen LogP contribution in [-0.2, 0) is 11.2 Å². The molecule has 1 aromatic heterocycles. The van der Waals surface area contributed by atoms with E-state index in [2.05, 4.69) is 41.5 Å². The molecule has 0 aliphatic carbocycles. The molecule has 0 radical (unpaired) electrons. The van der Waals surface area contributed by atoms with Crippen LogP contribution in [0.15, 0.2) is 53.9 Å². The van der Waals surface area contributed by atoms with Crippen molar-refractivity contribution >= 4 is 29.1 Å². The Hall–Kier alpha value is -3.32. The van der Waals surface area contributed by atoms with Crippen molar-refractivity contribution < 1.29 is 14.4 Å². The summed E-state index contributed by atoms with van der Waals surface area (Å²) in [6.45, 7) is 2.80. The molecule has 7 heteroatoms. The Kier molecular flexibility index (Phi) is 6.23. The van der Waals surface area contributed by atoms with Crippen LogP contribution in [0.5, 0.6) is 0 Å². The molecule has 0 fully saturated rings. The van der Waals surface area contributed by atoms with E-state index in [4.69, 9.17) is 0 Å². The number of nitrogens with one attached hydrogen (secondary N) is 1. The number of carbonyl (C=O) groups excluding carboxylic acids is 3. The minimum atomic E-state index is -0.283. The van der Waals surface area contributed by atoms with Gasteiger partial charge in [0.15, 0.2) is 0 Å². The summed E-state index contributed by atoms with van der Waals surface area (Å²) < 4.78 is 0. The lowest BCUT2D eigenvalue weighted by molar-refractivity contribution is -0.121. The number of aromatic nitrogens is 1. The summed E-state index contributed by atoms with van der Waals surface area (Å²) in [5.74, 6) is -0.659. The van der Waals surface area contributed by atoms with E-state index in [9.17, 15) is 14.4 Å². The highest BCUT2D eigenvalue weighted by Crippen LogP contribution is 2.24. The van der Waals surface area contributed by atoms with Crippen molar-refractivity contribution in [3.05, 3.63) is 76.3 Å². The number of aryl methyl sites for hydroxylation is 1. The summed E-state index contributed by atoms with van der Waals surface area (Å²) in [5, 5.41) is 5.88. The van der Waals surface area contributed by atoms with E-state index >= 15 is 0 Å². The minimum Gasteiger partial charge on any atom is -0.356 e. The number of benzene rings is 2. The summed E-state index contributed by atoms with van der Waals surface area (Å²) in [4.78, 5) is 42.7. The van der Waals surface area contributed by atoms with Crippen LogP contribution < -0.4 is 5.32 Å². The first-order chi connectivity index (χ1) is 15.0. The average Bonchev–Trinajstić information content (AvgIpc) is 3.33. The maximum Gasteiger partial charge on any atom is 0.261 e. The first kappa shape index (κ1) is 20.9. The molecule has 2 heterocycles. The molecule has 158 valence electrons. The molecule has 1 aliphatic heterocycles. The Morgan fingerprint density at radius 2 is 1.71 bits per heavy atom. The van der Waals surface area contributed by atoms with Gasteiger partial charge in [0.25, 0.3) is 11.8 Å². The van der Waals surface area contributed by atoms with Crippen LogP contribution >= 0.6 is 11.3 Å². The second-order valence-corrected chi connectivity index (χ2v) is 8.38. The molecule has 0 saturated carbocycles. The topological polar surface area (TPSA) is 79.4 Å². The zero-order valence-electron chi connectivity index (χ0n) is 17.3. The van der Waals surface area contributed by atoms with Gasteiger partial charge in [0.05, 0.1) is 16.8 Å². The van der Waals surface area contributed by atoms with E-state index in [0.717, 1.165) is 16.3 Å². The van der Waals surface area contributed by atoms with Crippen LogP contribution in [-0.4, -0.2) is 40.7 Å². The smallest absolute Gasteiger partial charge is 0.261 e. The van der Waals surface area contributed by atoms with Gasteiger partial charge >= 0.3 is 0 Å². The Bertz CT molecular complexity index is 1090. The first-order valence-electron chi connectivity index (χ1n) is 10.3. The van der Waals surface area contributed by atoms with Gasteiger partial charge in [0.2, 0.25) is 5.91 Å². The van der Waals surface area contributed by atoms with Crippen molar-refractivity contribution in [2.75, 3.05) is 13.1 Å². The van der Waals surface area contributed by atoms with Crippen molar-refractivity contribution in [3.8, 4) is 10.6 Å². The molecule has 1 aliphatic rings. The maximum atomic E-state index is 12.3. The number of hydrogen-bond acceptors (Lipinski definition) is 5. The van der Waals surface area contributed by atoms with Crippen LogP contribution in [0.2, 0.25) is 0 Å². The molecule has 31 heavy (non-hydrogen) atoms. The number of thiazole rings is 1. The summed E-state index contributed by atoms with van der Waals surface area (Å²) in [6, 6.07) is 15.1. The molecular formula is C24H23N3O3S. The van der Waals surface area contributed by atoms with E-state index in [1.807, 2.05) is 5.38 Å². The third kappa shape index (κ3) is 4.72. The van der Waals surface area contributed by atoms with Gasteiger partial charge in [-0.25, -0.2) is 4.98 Å². The van der Waals surface area contributed by atoms with Gasteiger partial charge in [-0.05, 0) is 25.5 Å². The quantitative estimate of drug-likeness (QED) is 0.547. The van der Waals surface area contributed by atoms with Crippen LogP contribution in [0.3, 0.4) is 0 Å².